The minimum atomic E-state index is -0.274. The van der Waals surface area contributed by atoms with Gasteiger partial charge < -0.3 is 10.6 Å². The summed E-state index contributed by atoms with van der Waals surface area (Å²) in [5.74, 6) is -0.462. The molecule has 1 atom stereocenters. The van der Waals surface area contributed by atoms with E-state index in [9.17, 15) is 9.59 Å². The Balaban J connectivity index is 2.07. The molecular weight excluding hydrogens is 348 g/mol. The number of benzene rings is 2. The number of nitrogens with one attached hydrogen (secondary N) is 2. The molecule has 0 aliphatic rings. The molecule has 1 unspecified atom stereocenters. The Morgan fingerprint density at radius 2 is 1.68 bits per heavy atom. The van der Waals surface area contributed by atoms with Crippen LogP contribution in [0.4, 0.5) is 5.69 Å². The van der Waals surface area contributed by atoms with E-state index in [1.54, 1.807) is 30.3 Å². The first-order valence-corrected chi connectivity index (χ1v) is 9.70. The van der Waals surface area contributed by atoms with Gasteiger partial charge in [-0.05, 0) is 48.1 Å². The zero-order valence-corrected chi connectivity index (χ0v) is 17.4. The SMILES string of the molecule is CCC(C)NC(=O)c1ccccc1NC(=O)/C=C/c1ccc(C(C)(C)C)cc1. The fourth-order valence-electron chi connectivity index (χ4n) is 2.63. The molecule has 0 radical (unpaired) electrons. The predicted molar refractivity (Wildman–Crippen MR) is 116 cm³/mol. The summed E-state index contributed by atoms with van der Waals surface area (Å²) in [6, 6.07) is 15.2. The topological polar surface area (TPSA) is 58.2 Å². The molecule has 0 aromatic heterocycles. The summed E-state index contributed by atoms with van der Waals surface area (Å²) in [6.07, 6.45) is 4.09. The number of para-hydroxylation sites is 1. The van der Waals surface area contributed by atoms with Gasteiger partial charge in [0.25, 0.3) is 5.91 Å². The largest absolute Gasteiger partial charge is 0.350 e. The third kappa shape index (κ3) is 6.08. The maximum Gasteiger partial charge on any atom is 0.253 e. The Kier molecular flexibility index (Phi) is 7.16. The van der Waals surface area contributed by atoms with E-state index in [4.69, 9.17) is 0 Å². The van der Waals surface area contributed by atoms with Gasteiger partial charge >= 0.3 is 0 Å². The Labute approximate surface area is 168 Å². The van der Waals surface area contributed by atoms with Gasteiger partial charge in [0.1, 0.15) is 0 Å². The second-order valence-electron chi connectivity index (χ2n) is 8.02. The third-order valence-corrected chi connectivity index (χ3v) is 4.62. The average molecular weight is 379 g/mol. The summed E-state index contributed by atoms with van der Waals surface area (Å²) in [4.78, 5) is 24.8. The van der Waals surface area contributed by atoms with Crippen molar-refractivity contribution in [1.29, 1.82) is 0 Å². The molecular formula is C24H30N2O2. The number of hydrogen-bond donors (Lipinski definition) is 2. The molecule has 2 rings (SSSR count). The smallest absolute Gasteiger partial charge is 0.253 e. The lowest BCUT2D eigenvalue weighted by molar-refractivity contribution is -0.111. The van der Waals surface area contributed by atoms with Crippen molar-refractivity contribution in [3.05, 3.63) is 71.3 Å². The second-order valence-corrected chi connectivity index (χ2v) is 8.02. The summed E-state index contributed by atoms with van der Waals surface area (Å²) >= 11 is 0. The normalized spacial score (nSPS) is 12.6. The van der Waals surface area contributed by atoms with Gasteiger partial charge in [0.2, 0.25) is 5.91 Å². The van der Waals surface area contributed by atoms with Crippen LogP contribution in [0.3, 0.4) is 0 Å². The van der Waals surface area contributed by atoms with Crippen LogP contribution in [0.2, 0.25) is 0 Å². The molecule has 0 aliphatic heterocycles. The molecule has 2 aromatic carbocycles. The van der Waals surface area contributed by atoms with Gasteiger partial charge in [0, 0.05) is 12.1 Å². The molecule has 0 saturated heterocycles. The van der Waals surface area contributed by atoms with Crippen LogP contribution in [0.1, 0.15) is 62.5 Å². The first-order valence-electron chi connectivity index (χ1n) is 9.70. The van der Waals surface area contributed by atoms with Crippen LogP contribution in [-0.4, -0.2) is 17.9 Å². The van der Waals surface area contributed by atoms with Crippen molar-refractivity contribution in [2.75, 3.05) is 5.32 Å². The number of rotatable bonds is 6. The lowest BCUT2D eigenvalue weighted by Gasteiger charge is -2.18. The number of hydrogen-bond acceptors (Lipinski definition) is 2. The molecule has 2 amide bonds. The van der Waals surface area contributed by atoms with E-state index in [-0.39, 0.29) is 23.3 Å². The van der Waals surface area contributed by atoms with Gasteiger partial charge in [-0.3, -0.25) is 9.59 Å². The number of carbonyl (C=O) groups excluding carboxylic acids is 2. The van der Waals surface area contributed by atoms with E-state index in [0.29, 0.717) is 11.3 Å². The summed E-state index contributed by atoms with van der Waals surface area (Å²) in [6.45, 7) is 10.5. The minimum absolute atomic E-state index is 0.0761. The Morgan fingerprint density at radius 3 is 2.29 bits per heavy atom. The number of amides is 2. The molecule has 2 aromatic rings. The van der Waals surface area contributed by atoms with Crippen molar-refractivity contribution >= 4 is 23.6 Å². The number of anilines is 1. The van der Waals surface area contributed by atoms with E-state index < -0.39 is 0 Å². The van der Waals surface area contributed by atoms with Crippen molar-refractivity contribution in [3.63, 3.8) is 0 Å². The Bertz CT molecular complexity index is 846. The van der Waals surface area contributed by atoms with Gasteiger partial charge in [-0.25, -0.2) is 0 Å². The standard InChI is InChI=1S/C24H30N2O2/c1-6-17(2)25-23(28)20-9-7-8-10-21(20)26-22(27)16-13-18-11-14-19(15-12-18)24(3,4)5/h7-17H,6H2,1-5H3,(H,25,28)(H,26,27)/b16-13+. The predicted octanol–water partition coefficient (Wildman–Crippen LogP) is 5.16. The summed E-state index contributed by atoms with van der Waals surface area (Å²) in [7, 11) is 0. The zero-order chi connectivity index (χ0) is 20.7. The molecule has 2 N–H and O–H groups in total. The molecule has 0 heterocycles. The summed E-state index contributed by atoms with van der Waals surface area (Å²) in [5.41, 5.74) is 3.25. The van der Waals surface area contributed by atoms with Crippen LogP contribution in [-0.2, 0) is 10.2 Å². The molecule has 0 aliphatic carbocycles. The third-order valence-electron chi connectivity index (χ3n) is 4.62. The van der Waals surface area contributed by atoms with Gasteiger partial charge in [0.05, 0.1) is 11.3 Å². The fraction of sp³-hybridized carbons (Fsp3) is 0.333. The molecule has 148 valence electrons. The Morgan fingerprint density at radius 1 is 1.04 bits per heavy atom. The van der Waals surface area contributed by atoms with Crippen LogP contribution in [0.25, 0.3) is 6.08 Å². The van der Waals surface area contributed by atoms with Crippen molar-refractivity contribution in [1.82, 2.24) is 5.32 Å². The lowest BCUT2D eigenvalue weighted by Crippen LogP contribution is -2.32. The van der Waals surface area contributed by atoms with E-state index >= 15 is 0 Å². The maximum atomic E-state index is 12.4. The van der Waals surface area contributed by atoms with Crippen molar-refractivity contribution in [3.8, 4) is 0 Å². The van der Waals surface area contributed by atoms with E-state index in [1.807, 2.05) is 26.0 Å². The molecule has 0 fully saturated rings. The van der Waals surface area contributed by atoms with Gasteiger partial charge in [-0.15, -0.1) is 0 Å². The summed E-state index contributed by atoms with van der Waals surface area (Å²) in [5, 5.41) is 5.73. The van der Waals surface area contributed by atoms with E-state index in [2.05, 4.69) is 43.5 Å². The van der Waals surface area contributed by atoms with Gasteiger partial charge in [0.15, 0.2) is 0 Å². The zero-order valence-electron chi connectivity index (χ0n) is 17.4. The molecule has 4 nitrogen and oxygen atoms in total. The van der Waals surface area contributed by atoms with Crippen molar-refractivity contribution < 1.29 is 9.59 Å². The van der Waals surface area contributed by atoms with Crippen LogP contribution in [0, 0.1) is 0 Å². The second kappa shape index (κ2) is 9.36. The first-order chi connectivity index (χ1) is 13.2. The van der Waals surface area contributed by atoms with E-state index in [0.717, 1.165) is 12.0 Å². The lowest BCUT2D eigenvalue weighted by atomic mass is 9.87. The van der Waals surface area contributed by atoms with Crippen molar-refractivity contribution in [2.24, 2.45) is 0 Å². The monoisotopic (exact) mass is 378 g/mol. The Hall–Kier alpha value is -2.88. The number of carbonyl (C=O) groups is 2. The fourth-order valence-corrected chi connectivity index (χ4v) is 2.63. The highest BCUT2D eigenvalue weighted by atomic mass is 16.2. The maximum absolute atomic E-state index is 12.4. The minimum Gasteiger partial charge on any atom is -0.350 e. The van der Waals surface area contributed by atoms with Gasteiger partial charge in [-0.2, -0.15) is 0 Å². The van der Waals surface area contributed by atoms with Crippen LogP contribution < -0.4 is 10.6 Å². The highest BCUT2D eigenvalue weighted by Gasteiger charge is 2.14. The highest BCUT2D eigenvalue weighted by molar-refractivity contribution is 6.07. The molecule has 0 bridgehead atoms. The van der Waals surface area contributed by atoms with Crippen LogP contribution in [0.5, 0.6) is 0 Å². The average Bonchev–Trinajstić information content (AvgIpc) is 2.66. The van der Waals surface area contributed by atoms with Gasteiger partial charge in [-0.1, -0.05) is 64.1 Å². The molecule has 0 spiro atoms. The molecule has 28 heavy (non-hydrogen) atoms. The summed E-state index contributed by atoms with van der Waals surface area (Å²) < 4.78 is 0. The van der Waals surface area contributed by atoms with Crippen molar-refractivity contribution in [2.45, 2.75) is 52.5 Å². The molecule has 0 saturated carbocycles. The van der Waals surface area contributed by atoms with Crippen LogP contribution in [0.15, 0.2) is 54.6 Å². The first kappa shape index (κ1) is 21.4. The molecule has 4 heteroatoms. The quantitative estimate of drug-likeness (QED) is 0.682. The van der Waals surface area contributed by atoms with E-state index in [1.165, 1.54) is 11.6 Å². The highest BCUT2D eigenvalue weighted by Crippen LogP contribution is 2.22. The van der Waals surface area contributed by atoms with Crippen LogP contribution >= 0.6 is 0 Å².